The van der Waals surface area contributed by atoms with Crippen molar-refractivity contribution < 1.29 is 4.39 Å². The molecule has 2 rings (SSSR count). The van der Waals surface area contributed by atoms with Gasteiger partial charge in [0.25, 0.3) is 0 Å². The van der Waals surface area contributed by atoms with Gasteiger partial charge in [-0.2, -0.15) is 5.26 Å². The molecule has 96 valence electrons. The molecule has 0 radical (unpaired) electrons. The molecule has 0 aliphatic heterocycles. The molecule has 2 nitrogen and oxygen atoms in total. The standard InChI is InChI=1S/C15H12BrFN2/c1-10-5-6-11(7-14(10)17)15(9-18)19-13-4-2-3-12(16)8-13/h2-8,15,19H,1H3. The van der Waals surface area contributed by atoms with Crippen LogP contribution in [-0.4, -0.2) is 0 Å². The van der Waals surface area contributed by atoms with E-state index in [1.54, 1.807) is 19.1 Å². The van der Waals surface area contributed by atoms with Gasteiger partial charge in [-0.25, -0.2) is 4.39 Å². The minimum atomic E-state index is -0.579. The van der Waals surface area contributed by atoms with Crippen LogP contribution in [-0.2, 0) is 0 Å². The van der Waals surface area contributed by atoms with Crippen molar-refractivity contribution in [1.82, 2.24) is 0 Å². The van der Waals surface area contributed by atoms with Gasteiger partial charge < -0.3 is 5.32 Å². The molecule has 0 heterocycles. The monoisotopic (exact) mass is 318 g/mol. The maximum atomic E-state index is 13.5. The zero-order valence-electron chi connectivity index (χ0n) is 10.3. The van der Waals surface area contributed by atoms with E-state index in [0.29, 0.717) is 11.1 Å². The van der Waals surface area contributed by atoms with Gasteiger partial charge in [-0.3, -0.25) is 0 Å². The summed E-state index contributed by atoms with van der Waals surface area (Å²) in [6.07, 6.45) is 0. The van der Waals surface area contributed by atoms with Gasteiger partial charge in [0.1, 0.15) is 11.9 Å². The molecule has 1 unspecified atom stereocenters. The molecule has 0 amide bonds. The largest absolute Gasteiger partial charge is 0.366 e. The Morgan fingerprint density at radius 2 is 2.05 bits per heavy atom. The number of anilines is 1. The van der Waals surface area contributed by atoms with Crippen LogP contribution in [0.2, 0.25) is 0 Å². The molecule has 0 saturated carbocycles. The normalized spacial score (nSPS) is 11.7. The van der Waals surface area contributed by atoms with E-state index in [2.05, 4.69) is 27.3 Å². The lowest BCUT2D eigenvalue weighted by Gasteiger charge is -2.14. The Kier molecular flexibility index (Phi) is 4.18. The molecule has 0 aliphatic carbocycles. The number of halogens is 2. The molecule has 4 heteroatoms. The third-order valence-electron chi connectivity index (χ3n) is 2.79. The third-order valence-corrected chi connectivity index (χ3v) is 3.29. The predicted molar refractivity (Wildman–Crippen MR) is 77.3 cm³/mol. The van der Waals surface area contributed by atoms with E-state index in [1.807, 2.05) is 24.3 Å². The summed E-state index contributed by atoms with van der Waals surface area (Å²) in [6.45, 7) is 1.70. The smallest absolute Gasteiger partial charge is 0.140 e. The van der Waals surface area contributed by atoms with E-state index < -0.39 is 6.04 Å². The minimum Gasteiger partial charge on any atom is -0.366 e. The van der Waals surface area contributed by atoms with Crippen LogP contribution >= 0.6 is 15.9 Å². The number of hydrogen-bond donors (Lipinski definition) is 1. The highest BCUT2D eigenvalue weighted by Gasteiger charge is 2.12. The summed E-state index contributed by atoms with van der Waals surface area (Å²) in [5.74, 6) is -0.297. The summed E-state index contributed by atoms with van der Waals surface area (Å²) in [5.41, 5.74) is 2.00. The van der Waals surface area contributed by atoms with Crippen LogP contribution in [0.3, 0.4) is 0 Å². The quantitative estimate of drug-likeness (QED) is 0.899. The molecule has 2 aromatic carbocycles. The first-order chi connectivity index (χ1) is 9.10. The third kappa shape index (κ3) is 3.33. The fourth-order valence-corrected chi connectivity index (χ4v) is 2.12. The van der Waals surface area contributed by atoms with Gasteiger partial charge in [0.15, 0.2) is 0 Å². The average Bonchev–Trinajstić information content (AvgIpc) is 2.39. The van der Waals surface area contributed by atoms with Gasteiger partial charge in [0, 0.05) is 10.2 Å². The van der Waals surface area contributed by atoms with Crippen LogP contribution in [0.15, 0.2) is 46.9 Å². The summed E-state index contributed by atoms with van der Waals surface area (Å²) in [7, 11) is 0. The number of nitrogens with one attached hydrogen (secondary N) is 1. The molecule has 0 saturated heterocycles. The molecule has 1 N–H and O–H groups in total. The Hall–Kier alpha value is -1.86. The zero-order valence-corrected chi connectivity index (χ0v) is 11.9. The number of nitriles is 1. The molecule has 0 spiro atoms. The molecule has 2 aromatic rings. The van der Waals surface area contributed by atoms with Crippen molar-refractivity contribution in [3.05, 3.63) is 63.9 Å². The van der Waals surface area contributed by atoms with E-state index >= 15 is 0 Å². The highest BCUT2D eigenvalue weighted by molar-refractivity contribution is 9.10. The molecule has 0 aromatic heterocycles. The van der Waals surface area contributed by atoms with Crippen molar-refractivity contribution in [1.29, 1.82) is 5.26 Å². The van der Waals surface area contributed by atoms with Crippen LogP contribution in [0, 0.1) is 24.1 Å². The second-order valence-corrected chi connectivity index (χ2v) is 5.14. The number of rotatable bonds is 3. The molecule has 19 heavy (non-hydrogen) atoms. The van der Waals surface area contributed by atoms with Crippen molar-refractivity contribution >= 4 is 21.6 Å². The van der Waals surface area contributed by atoms with Crippen molar-refractivity contribution in [2.75, 3.05) is 5.32 Å². The second kappa shape index (κ2) is 5.85. The molecular formula is C15H12BrFN2. The Balaban J connectivity index is 2.25. The molecule has 0 fully saturated rings. The summed E-state index contributed by atoms with van der Waals surface area (Å²) >= 11 is 3.37. The predicted octanol–water partition coefficient (Wildman–Crippen LogP) is 4.57. The fraction of sp³-hybridized carbons (Fsp3) is 0.133. The Bertz CT molecular complexity index is 634. The van der Waals surface area contributed by atoms with Gasteiger partial charge in [-0.05, 0) is 42.3 Å². The Labute approximate surface area is 120 Å². The van der Waals surface area contributed by atoms with Crippen molar-refractivity contribution in [3.63, 3.8) is 0 Å². The molecule has 0 aliphatic rings. The number of aryl methyl sites for hydroxylation is 1. The van der Waals surface area contributed by atoms with Gasteiger partial charge in [-0.1, -0.05) is 34.1 Å². The van der Waals surface area contributed by atoms with Crippen LogP contribution in [0.1, 0.15) is 17.2 Å². The van der Waals surface area contributed by atoms with Crippen molar-refractivity contribution in [3.8, 4) is 6.07 Å². The Morgan fingerprint density at radius 1 is 1.26 bits per heavy atom. The van der Waals surface area contributed by atoms with Crippen LogP contribution in [0.25, 0.3) is 0 Å². The summed E-state index contributed by atoms with van der Waals surface area (Å²) < 4.78 is 14.5. The van der Waals surface area contributed by atoms with Crippen LogP contribution in [0.5, 0.6) is 0 Å². The van der Waals surface area contributed by atoms with E-state index in [9.17, 15) is 9.65 Å². The number of hydrogen-bond acceptors (Lipinski definition) is 2. The lowest BCUT2D eigenvalue weighted by molar-refractivity contribution is 0.615. The molecular weight excluding hydrogens is 307 g/mol. The Morgan fingerprint density at radius 3 is 2.68 bits per heavy atom. The molecule has 1 atom stereocenters. The van der Waals surface area contributed by atoms with Gasteiger partial charge in [-0.15, -0.1) is 0 Å². The van der Waals surface area contributed by atoms with Crippen LogP contribution < -0.4 is 5.32 Å². The second-order valence-electron chi connectivity index (χ2n) is 4.23. The van der Waals surface area contributed by atoms with Gasteiger partial charge in [0.2, 0.25) is 0 Å². The van der Waals surface area contributed by atoms with Gasteiger partial charge in [0.05, 0.1) is 6.07 Å². The lowest BCUT2D eigenvalue weighted by Crippen LogP contribution is -2.09. The first-order valence-electron chi connectivity index (χ1n) is 5.78. The van der Waals surface area contributed by atoms with E-state index in [4.69, 9.17) is 0 Å². The zero-order chi connectivity index (χ0) is 13.8. The number of nitrogens with zero attached hydrogens (tertiary/aromatic N) is 1. The molecule has 0 bridgehead atoms. The minimum absolute atomic E-state index is 0.297. The fourth-order valence-electron chi connectivity index (χ4n) is 1.72. The lowest BCUT2D eigenvalue weighted by atomic mass is 10.1. The first-order valence-corrected chi connectivity index (χ1v) is 6.57. The van der Waals surface area contributed by atoms with Crippen LogP contribution in [0.4, 0.5) is 10.1 Å². The highest BCUT2D eigenvalue weighted by atomic mass is 79.9. The van der Waals surface area contributed by atoms with E-state index in [0.717, 1.165) is 10.2 Å². The summed E-state index contributed by atoms with van der Waals surface area (Å²) in [5, 5.41) is 12.3. The SMILES string of the molecule is Cc1ccc(C(C#N)Nc2cccc(Br)c2)cc1F. The maximum absolute atomic E-state index is 13.5. The van der Waals surface area contributed by atoms with E-state index in [1.165, 1.54) is 6.07 Å². The number of benzene rings is 2. The van der Waals surface area contributed by atoms with Crippen molar-refractivity contribution in [2.24, 2.45) is 0 Å². The maximum Gasteiger partial charge on any atom is 0.140 e. The highest BCUT2D eigenvalue weighted by Crippen LogP contribution is 2.23. The topological polar surface area (TPSA) is 35.8 Å². The summed E-state index contributed by atoms with van der Waals surface area (Å²) in [6, 6.07) is 13.9. The van der Waals surface area contributed by atoms with Crippen molar-refractivity contribution in [2.45, 2.75) is 13.0 Å². The first kappa shape index (κ1) is 13.6. The summed E-state index contributed by atoms with van der Waals surface area (Å²) in [4.78, 5) is 0. The van der Waals surface area contributed by atoms with Gasteiger partial charge >= 0.3 is 0 Å². The van der Waals surface area contributed by atoms with E-state index in [-0.39, 0.29) is 5.82 Å². The average molecular weight is 319 g/mol.